The lowest BCUT2D eigenvalue weighted by molar-refractivity contribution is 0.0954. The number of aliphatic imine (C=N–C) groups is 1. The molecule has 0 unspecified atom stereocenters. The molecule has 0 spiro atoms. The van der Waals surface area contributed by atoms with Gasteiger partial charge in [-0.25, -0.2) is 0 Å². The number of nitrogens with one attached hydrogen (secondary N) is 3. The second-order valence-corrected chi connectivity index (χ2v) is 6.51. The van der Waals surface area contributed by atoms with Crippen LogP contribution < -0.4 is 16.0 Å². The van der Waals surface area contributed by atoms with Gasteiger partial charge in [-0.05, 0) is 42.5 Å². The smallest absolute Gasteiger partial charge is 0.252 e. The van der Waals surface area contributed by atoms with Crippen LogP contribution in [0.3, 0.4) is 0 Å². The molecule has 3 N–H and O–H groups in total. The minimum atomic E-state index is -0.132. The number of hydrogen-bond donors (Lipinski definition) is 3. The first-order valence-corrected chi connectivity index (χ1v) is 9.62. The summed E-state index contributed by atoms with van der Waals surface area (Å²) in [4.78, 5) is 21.4. The number of benzene rings is 1. The van der Waals surface area contributed by atoms with Gasteiger partial charge in [0.2, 0.25) is 0 Å². The molecule has 1 aromatic carbocycles. The van der Waals surface area contributed by atoms with E-state index in [4.69, 9.17) is 0 Å². The molecule has 0 saturated carbocycles. The molecule has 2 aromatic rings. The average molecular weight is 499 g/mol. The van der Waals surface area contributed by atoms with Crippen LogP contribution in [0.1, 0.15) is 21.5 Å². The van der Waals surface area contributed by atoms with Gasteiger partial charge in [0, 0.05) is 44.0 Å². The number of pyridine rings is 1. The monoisotopic (exact) mass is 499 g/mol. The lowest BCUT2D eigenvalue weighted by Crippen LogP contribution is -2.41. The van der Waals surface area contributed by atoms with E-state index in [1.165, 1.54) is 16.0 Å². The number of nitrogens with zero attached hydrogens (tertiary/aromatic N) is 2. The molecule has 0 aliphatic carbocycles. The first kappa shape index (κ1) is 23.2. The molecule has 1 aromatic heterocycles. The third-order valence-corrected chi connectivity index (χ3v) is 4.56. The number of guanidine groups is 1. The number of aryl methyl sites for hydroxylation is 1. The van der Waals surface area contributed by atoms with Crippen LogP contribution in [0.25, 0.3) is 0 Å². The van der Waals surface area contributed by atoms with E-state index >= 15 is 0 Å². The summed E-state index contributed by atoms with van der Waals surface area (Å²) in [5, 5.41) is 9.35. The van der Waals surface area contributed by atoms with Crippen LogP contribution in [0.2, 0.25) is 0 Å². The van der Waals surface area contributed by atoms with Gasteiger partial charge in [-0.15, -0.1) is 35.7 Å². The summed E-state index contributed by atoms with van der Waals surface area (Å²) in [6, 6.07) is 9.91. The average Bonchev–Trinajstić information content (AvgIpc) is 2.68. The number of amides is 1. The van der Waals surface area contributed by atoms with Crippen molar-refractivity contribution in [2.24, 2.45) is 4.99 Å². The molecular weight excluding hydrogens is 473 g/mol. The van der Waals surface area contributed by atoms with Gasteiger partial charge in [0.25, 0.3) is 5.91 Å². The standard InChI is InChI=1S/C19H25N5OS.HI/c1-14-6-7-15(17(11-14)26-3)13-24-19(20-2)23-10-9-22-18(25)16-5-4-8-21-12-16;/h4-8,11-12H,9-10,13H2,1-3H3,(H,22,25)(H2,20,23,24);1H. The predicted octanol–water partition coefficient (Wildman–Crippen LogP) is 2.82. The fraction of sp³-hybridized carbons (Fsp3) is 0.316. The molecule has 8 heteroatoms. The minimum Gasteiger partial charge on any atom is -0.355 e. The fourth-order valence-corrected chi connectivity index (χ4v) is 3.06. The van der Waals surface area contributed by atoms with Crippen molar-refractivity contribution in [1.82, 2.24) is 20.9 Å². The summed E-state index contributed by atoms with van der Waals surface area (Å²) < 4.78 is 0. The Balaban J connectivity index is 0.00000364. The summed E-state index contributed by atoms with van der Waals surface area (Å²) in [5.41, 5.74) is 3.04. The molecule has 0 bridgehead atoms. The van der Waals surface area contributed by atoms with Gasteiger partial charge in [-0.1, -0.05) is 12.1 Å². The molecule has 0 aliphatic rings. The highest BCUT2D eigenvalue weighted by atomic mass is 127. The number of thioether (sulfide) groups is 1. The molecular formula is C19H26IN5OS. The van der Waals surface area contributed by atoms with Crippen molar-refractivity contribution >= 4 is 47.6 Å². The van der Waals surface area contributed by atoms with E-state index in [2.05, 4.69) is 57.3 Å². The number of aromatic nitrogens is 1. The molecule has 0 atom stereocenters. The normalized spacial score (nSPS) is 10.7. The van der Waals surface area contributed by atoms with Crippen molar-refractivity contribution < 1.29 is 4.79 Å². The van der Waals surface area contributed by atoms with Crippen LogP contribution in [0.4, 0.5) is 0 Å². The highest BCUT2D eigenvalue weighted by molar-refractivity contribution is 14.0. The van der Waals surface area contributed by atoms with Gasteiger partial charge in [0.15, 0.2) is 5.96 Å². The molecule has 6 nitrogen and oxygen atoms in total. The SMILES string of the molecule is CN=C(NCCNC(=O)c1cccnc1)NCc1ccc(C)cc1SC.I. The largest absolute Gasteiger partial charge is 0.355 e. The second kappa shape index (κ2) is 12.6. The maximum Gasteiger partial charge on any atom is 0.252 e. The Morgan fingerprint density at radius 3 is 2.63 bits per heavy atom. The molecule has 0 aliphatic heterocycles. The van der Waals surface area contributed by atoms with Crippen LogP contribution in [0.5, 0.6) is 0 Å². The van der Waals surface area contributed by atoms with Gasteiger partial charge in [0.1, 0.15) is 0 Å². The van der Waals surface area contributed by atoms with Gasteiger partial charge < -0.3 is 16.0 Å². The zero-order valence-corrected chi connectivity index (χ0v) is 18.9. The first-order chi connectivity index (χ1) is 12.6. The first-order valence-electron chi connectivity index (χ1n) is 8.40. The van der Waals surface area contributed by atoms with Crippen molar-refractivity contribution in [3.63, 3.8) is 0 Å². The highest BCUT2D eigenvalue weighted by Crippen LogP contribution is 2.21. The lowest BCUT2D eigenvalue weighted by Gasteiger charge is -2.14. The van der Waals surface area contributed by atoms with Crippen molar-refractivity contribution in [2.75, 3.05) is 26.4 Å². The second-order valence-electron chi connectivity index (χ2n) is 5.67. The van der Waals surface area contributed by atoms with Gasteiger partial charge >= 0.3 is 0 Å². The molecule has 0 fully saturated rings. The zero-order chi connectivity index (χ0) is 18.8. The summed E-state index contributed by atoms with van der Waals surface area (Å²) in [6.07, 6.45) is 5.27. The molecule has 2 rings (SSSR count). The Kier molecular flexibility index (Phi) is 10.8. The number of halogens is 1. The summed E-state index contributed by atoms with van der Waals surface area (Å²) in [7, 11) is 1.73. The predicted molar refractivity (Wildman–Crippen MR) is 123 cm³/mol. The maximum atomic E-state index is 11.9. The van der Waals surface area contributed by atoms with E-state index in [9.17, 15) is 4.79 Å². The van der Waals surface area contributed by atoms with Crippen molar-refractivity contribution in [3.8, 4) is 0 Å². The van der Waals surface area contributed by atoms with E-state index in [1.54, 1.807) is 43.3 Å². The molecule has 1 heterocycles. The Bertz CT molecular complexity index is 755. The lowest BCUT2D eigenvalue weighted by atomic mass is 10.1. The van der Waals surface area contributed by atoms with Crippen molar-refractivity contribution in [2.45, 2.75) is 18.4 Å². The van der Waals surface area contributed by atoms with E-state index in [1.807, 2.05) is 0 Å². The van der Waals surface area contributed by atoms with Crippen LogP contribution in [-0.2, 0) is 6.54 Å². The quantitative estimate of drug-likeness (QED) is 0.180. The summed E-state index contributed by atoms with van der Waals surface area (Å²) in [5.74, 6) is 0.570. The highest BCUT2D eigenvalue weighted by Gasteiger charge is 2.05. The Morgan fingerprint density at radius 1 is 1.19 bits per heavy atom. The van der Waals surface area contributed by atoms with E-state index in [-0.39, 0.29) is 29.9 Å². The minimum absolute atomic E-state index is 0. The van der Waals surface area contributed by atoms with Gasteiger partial charge in [-0.2, -0.15) is 0 Å². The number of carbonyl (C=O) groups excluding carboxylic acids is 1. The molecule has 1 amide bonds. The maximum absolute atomic E-state index is 11.9. The van der Waals surface area contributed by atoms with E-state index < -0.39 is 0 Å². The number of rotatable bonds is 7. The van der Waals surface area contributed by atoms with Gasteiger partial charge in [-0.3, -0.25) is 14.8 Å². The van der Waals surface area contributed by atoms with Crippen LogP contribution in [0, 0.1) is 6.92 Å². The summed E-state index contributed by atoms with van der Waals surface area (Å²) >= 11 is 1.74. The van der Waals surface area contributed by atoms with Crippen molar-refractivity contribution in [1.29, 1.82) is 0 Å². The van der Waals surface area contributed by atoms with Crippen molar-refractivity contribution in [3.05, 3.63) is 59.4 Å². The molecule has 27 heavy (non-hydrogen) atoms. The Hall–Kier alpha value is -1.81. The van der Waals surface area contributed by atoms with E-state index in [0.29, 0.717) is 31.2 Å². The fourth-order valence-electron chi connectivity index (χ4n) is 2.35. The number of hydrogen-bond acceptors (Lipinski definition) is 4. The van der Waals surface area contributed by atoms with Crippen LogP contribution in [0.15, 0.2) is 52.6 Å². The zero-order valence-electron chi connectivity index (χ0n) is 15.8. The topological polar surface area (TPSA) is 78.4 Å². The molecule has 0 radical (unpaired) electrons. The summed E-state index contributed by atoms with van der Waals surface area (Å²) in [6.45, 7) is 3.86. The molecule has 0 saturated heterocycles. The molecule has 146 valence electrons. The third-order valence-electron chi connectivity index (χ3n) is 3.74. The number of carbonyl (C=O) groups is 1. The third kappa shape index (κ3) is 7.76. The Labute approximate surface area is 182 Å². The van der Waals surface area contributed by atoms with E-state index in [0.717, 1.165) is 0 Å². The Morgan fingerprint density at radius 2 is 1.96 bits per heavy atom. The van der Waals surface area contributed by atoms with Crippen LogP contribution >= 0.6 is 35.7 Å². The van der Waals surface area contributed by atoms with Crippen LogP contribution in [-0.4, -0.2) is 43.2 Å². The van der Waals surface area contributed by atoms with Gasteiger partial charge in [0.05, 0.1) is 5.56 Å².